The van der Waals surface area contributed by atoms with E-state index < -0.39 is 11.5 Å². The van der Waals surface area contributed by atoms with Crippen molar-refractivity contribution in [3.63, 3.8) is 0 Å². The zero-order chi connectivity index (χ0) is 15.2. The number of hydrogen-bond acceptors (Lipinski definition) is 3. The number of ether oxygens (including phenoxy) is 1. The lowest BCUT2D eigenvalue weighted by molar-refractivity contribution is -0.138. The van der Waals surface area contributed by atoms with Gasteiger partial charge in [-0.15, -0.1) is 0 Å². The summed E-state index contributed by atoms with van der Waals surface area (Å²) in [7, 11) is 1.57. The Bertz CT molecular complexity index is 520. The molecule has 1 amide bonds. The lowest BCUT2D eigenvalue weighted by Crippen LogP contribution is -2.44. The van der Waals surface area contributed by atoms with Crippen molar-refractivity contribution < 1.29 is 19.4 Å². The van der Waals surface area contributed by atoms with Crippen LogP contribution < -0.4 is 10.1 Å². The number of aliphatic carboxylic acids is 1. The van der Waals surface area contributed by atoms with Gasteiger partial charge >= 0.3 is 5.97 Å². The van der Waals surface area contributed by atoms with Crippen LogP contribution in [0.4, 0.5) is 0 Å². The Labute approximate surface area is 118 Å². The number of benzene rings is 1. The Kier molecular flexibility index (Phi) is 5.32. The highest BCUT2D eigenvalue weighted by atomic mass is 16.5. The molecule has 0 saturated heterocycles. The normalized spacial score (nSPS) is 11.3. The van der Waals surface area contributed by atoms with Gasteiger partial charge in [-0.1, -0.05) is 12.1 Å². The van der Waals surface area contributed by atoms with Crippen LogP contribution in [0, 0.1) is 0 Å². The summed E-state index contributed by atoms with van der Waals surface area (Å²) in [5, 5.41) is 11.4. The van der Waals surface area contributed by atoms with Gasteiger partial charge in [0.25, 0.3) is 0 Å². The van der Waals surface area contributed by atoms with Crippen LogP contribution in [-0.2, 0) is 9.59 Å². The van der Waals surface area contributed by atoms with Gasteiger partial charge in [-0.3, -0.25) is 9.59 Å². The van der Waals surface area contributed by atoms with Gasteiger partial charge in [0, 0.05) is 11.6 Å². The van der Waals surface area contributed by atoms with E-state index in [0.717, 1.165) is 5.56 Å². The van der Waals surface area contributed by atoms with Gasteiger partial charge in [-0.2, -0.15) is 0 Å². The molecule has 0 atom stereocenters. The number of hydrogen-bond donors (Lipinski definition) is 2. The lowest BCUT2D eigenvalue weighted by atomic mass is 10.0. The third-order valence-corrected chi connectivity index (χ3v) is 2.58. The molecule has 0 radical (unpaired) electrons. The fraction of sp³-hybridized carbons (Fsp3) is 0.333. The molecule has 0 spiro atoms. The molecular formula is C15H19NO4. The van der Waals surface area contributed by atoms with E-state index in [2.05, 4.69) is 5.32 Å². The number of carboxylic acids is 1. The second-order valence-corrected chi connectivity index (χ2v) is 5.05. The van der Waals surface area contributed by atoms with Crippen molar-refractivity contribution in [1.29, 1.82) is 0 Å². The average molecular weight is 277 g/mol. The van der Waals surface area contributed by atoms with Crippen molar-refractivity contribution in [1.82, 2.24) is 5.32 Å². The van der Waals surface area contributed by atoms with E-state index in [4.69, 9.17) is 9.84 Å². The highest BCUT2D eigenvalue weighted by Gasteiger charge is 2.22. The Balaban J connectivity index is 2.65. The van der Waals surface area contributed by atoms with E-state index in [0.29, 0.717) is 5.75 Å². The Hall–Kier alpha value is -2.30. The van der Waals surface area contributed by atoms with Gasteiger partial charge in [0.1, 0.15) is 5.75 Å². The van der Waals surface area contributed by atoms with E-state index in [1.165, 1.54) is 6.08 Å². The molecule has 2 N–H and O–H groups in total. The predicted octanol–water partition coefficient (Wildman–Crippen LogP) is 2.08. The van der Waals surface area contributed by atoms with E-state index >= 15 is 0 Å². The average Bonchev–Trinajstić information content (AvgIpc) is 2.34. The van der Waals surface area contributed by atoms with Crippen LogP contribution >= 0.6 is 0 Å². The Morgan fingerprint density at radius 1 is 1.40 bits per heavy atom. The van der Waals surface area contributed by atoms with Crippen LogP contribution in [-0.4, -0.2) is 29.6 Å². The highest BCUT2D eigenvalue weighted by molar-refractivity contribution is 5.92. The number of rotatable bonds is 6. The maximum absolute atomic E-state index is 11.7. The molecule has 0 aliphatic rings. The minimum Gasteiger partial charge on any atom is -0.497 e. The number of nitrogens with one attached hydrogen (secondary N) is 1. The molecule has 0 unspecified atom stereocenters. The summed E-state index contributed by atoms with van der Waals surface area (Å²) in [5.41, 5.74) is 0.0392. The van der Waals surface area contributed by atoms with Crippen molar-refractivity contribution in [2.24, 2.45) is 0 Å². The molecule has 1 aromatic carbocycles. The first kappa shape index (κ1) is 15.8. The number of carboxylic acid groups (broad SMARTS) is 1. The summed E-state index contributed by atoms with van der Waals surface area (Å²) < 4.78 is 5.09. The standard InChI is InChI=1S/C15H19NO4/c1-15(2,10-14(18)19)16-13(17)8-7-11-5-4-6-12(9-11)20-3/h4-9H,10H2,1-3H3,(H,16,17)(H,18,19). The fourth-order valence-corrected chi connectivity index (χ4v) is 1.71. The molecule has 1 aromatic rings. The summed E-state index contributed by atoms with van der Waals surface area (Å²) in [6.07, 6.45) is 2.89. The van der Waals surface area contributed by atoms with Crippen LogP contribution in [0.15, 0.2) is 30.3 Å². The summed E-state index contributed by atoms with van der Waals surface area (Å²) in [6.45, 7) is 3.33. The second kappa shape index (κ2) is 6.75. The van der Waals surface area contributed by atoms with Crippen molar-refractivity contribution in [2.45, 2.75) is 25.8 Å². The monoisotopic (exact) mass is 277 g/mol. The fourth-order valence-electron chi connectivity index (χ4n) is 1.71. The lowest BCUT2D eigenvalue weighted by Gasteiger charge is -2.23. The van der Waals surface area contributed by atoms with E-state index in [1.54, 1.807) is 33.1 Å². The molecule has 0 heterocycles. The van der Waals surface area contributed by atoms with Gasteiger partial charge in [-0.25, -0.2) is 0 Å². The molecule has 0 bridgehead atoms. The molecule has 0 aliphatic heterocycles. The number of amides is 1. The van der Waals surface area contributed by atoms with Crippen molar-refractivity contribution in [3.8, 4) is 5.75 Å². The number of methoxy groups -OCH3 is 1. The molecule has 1 rings (SSSR count). The van der Waals surface area contributed by atoms with Crippen molar-refractivity contribution in [2.75, 3.05) is 7.11 Å². The molecule has 0 aliphatic carbocycles. The molecule has 0 fully saturated rings. The van der Waals surface area contributed by atoms with Gasteiger partial charge in [-0.05, 0) is 37.6 Å². The summed E-state index contributed by atoms with van der Waals surface area (Å²) >= 11 is 0. The number of carbonyl (C=O) groups excluding carboxylic acids is 1. The highest BCUT2D eigenvalue weighted by Crippen LogP contribution is 2.14. The van der Waals surface area contributed by atoms with Gasteiger partial charge in [0.2, 0.25) is 5.91 Å². The van der Waals surface area contributed by atoms with Crippen LogP contribution in [0.3, 0.4) is 0 Å². The zero-order valence-electron chi connectivity index (χ0n) is 11.8. The van der Waals surface area contributed by atoms with Gasteiger partial charge in [0.15, 0.2) is 0 Å². The van der Waals surface area contributed by atoms with E-state index in [-0.39, 0.29) is 12.3 Å². The smallest absolute Gasteiger partial charge is 0.305 e. The minimum absolute atomic E-state index is 0.133. The largest absolute Gasteiger partial charge is 0.497 e. The Morgan fingerprint density at radius 3 is 2.70 bits per heavy atom. The first-order valence-electron chi connectivity index (χ1n) is 6.18. The van der Waals surface area contributed by atoms with Crippen LogP contribution in [0.25, 0.3) is 6.08 Å². The maximum Gasteiger partial charge on any atom is 0.305 e. The SMILES string of the molecule is COc1cccc(C=CC(=O)NC(C)(C)CC(=O)O)c1. The molecule has 5 nitrogen and oxygen atoms in total. The minimum atomic E-state index is -0.952. The third kappa shape index (κ3) is 5.56. The van der Waals surface area contributed by atoms with Crippen molar-refractivity contribution in [3.05, 3.63) is 35.9 Å². The van der Waals surface area contributed by atoms with Crippen LogP contribution in [0.1, 0.15) is 25.8 Å². The van der Waals surface area contributed by atoms with Gasteiger partial charge < -0.3 is 15.2 Å². The summed E-state index contributed by atoms with van der Waals surface area (Å²) in [5.74, 6) is -0.579. The molecule has 0 saturated carbocycles. The second-order valence-electron chi connectivity index (χ2n) is 5.05. The third-order valence-electron chi connectivity index (χ3n) is 2.58. The molecule has 20 heavy (non-hydrogen) atoms. The van der Waals surface area contributed by atoms with E-state index in [1.807, 2.05) is 18.2 Å². The zero-order valence-corrected chi connectivity index (χ0v) is 11.8. The van der Waals surface area contributed by atoms with Crippen LogP contribution in [0.5, 0.6) is 5.75 Å². The number of carbonyl (C=O) groups is 2. The molecular weight excluding hydrogens is 258 g/mol. The van der Waals surface area contributed by atoms with Gasteiger partial charge in [0.05, 0.1) is 13.5 Å². The van der Waals surface area contributed by atoms with E-state index in [9.17, 15) is 9.59 Å². The van der Waals surface area contributed by atoms with Crippen LogP contribution in [0.2, 0.25) is 0 Å². The first-order valence-corrected chi connectivity index (χ1v) is 6.18. The Morgan fingerprint density at radius 2 is 2.10 bits per heavy atom. The van der Waals surface area contributed by atoms with Crippen molar-refractivity contribution >= 4 is 18.0 Å². The molecule has 0 aromatic heterocycles. The maximum atomic E-state index is 11.7. The molecule has 108 valence electrons. The topological polar surface area (TPSA) is 75.6 Å². The predicted molar refractivity (Wildman–Crippen MR) is 76.5 cm³/mol. The summed E-state index contributed by atoms with van der Waals surface area (Å²) in [4.78, 5) is 22.4. The quantitative estimate of drug-likeness (QED) is 0.781. The summed E-state index contributed by atoms with van der Waals surface area (Å²) in [6, 6.07) is 7.28. The first-order chi connectivity index (χ1) is 9.32. The molecule has 5 heteroatoms.